The van der Waals surface area contributed by atoms with E-state index in [1.54, 1.807) is 24.3 Å². The number of nitrogens with one attached hydrogen (secondary N) is 2. The summed E-state index contributed by atoms with van der Waals surface area (Å²) in [6, 6.07) is 9.95. The number of hydrogen-bond acceptors (Lipinski definition) is 5. The number of H-pyrrole nitrogens is 1. The molecule has 4 rings (SSSR count). The predicted octanol–water partition coefficient (Wildman–Crippen LogP) is 5.45. The molecule has 6 nitrogen and oxygen atoms in total. The number of hydrogen-bond donors (Lipinski definition) is 2. The van der Waals surface area contributed by atoms with E-state index >= 15 is 0 Å². The van der Waals surface area contributed by atoms with Crippen LogP contribution in [0.5, 0.6) is 0 Å². The number of aryl methyl sites for hydroxylation is 2. The minimum atomic E-state index is -0.593. The molecular formula is C19H14ClFN4O2S. The molecule has 0 bridgehead atoms. The van der Waals surface area contributed by atoms with E-state index in [9.17, 15) is 9.18 Å². The highest BCUT2D eigenvalue weighted by Gasteiger charge is 2.26. The fraction of sp³-hybridized carbons (Fsp3) is 0.105. The first-order valence-corrected chi connectivity index (χ1v) is 9.47. The van der Waals surface area contributed by atoms with E-state index in [4.69, 9.17) is 16.1 Å². The smallest absolute Gasteiger partial charge is 0.262 e. The maximum Gasteiger partial charge on any atom is 0.262 e. The molecular weight excluding hydrogens is 403 g/mol. The van der Waals surface area contributed by atoms with Crippen LogP contribution in [0.3, 0.4) is 0 Å². The van der Waals surface area contributed by atoms with Gasteiger partial charge in [-0.2, -0.15) is 5.10 Å². The number of thiophene rings is 1. The maximum absolute atomic E-state index is 14.3. The summed E-state index contributed by atoms with van der Waals surface area (Å²) in [5.74, 6) is -0.535. The van der Waals surface area contributed by atoms with Crippen LogP contribution < -0.4 is 5.32 Å². The molecule has 0 spiro atoms. The molecule has 0 unspecified atom stereocenters. The summed E-state index contributed by atoms with van der Waals surface area (Å²) in [4.78, 5) is 15.0. The first-order valence-electron chi connectivity index (χ1n) is 8.28. The molecule has 4 aromatic rings. The molecule has 0 atom stereocenters. The van der Waals surface area contributed by atoms with Gasteiger partial charge in [-0.1, -0.05) is 22.8 Å². The van der Waals surface area contributed by atoms with Gasteiger partial charge in [0.15, 0.2) is 5.82 Å². The van der Waals surface area contributed by atoms with Crippen molar-refractivity contribution in [3.63, 3.8) is 0 Å². The Bertz CT molecular complexity index is 1160. The average Bonchev–Trinajstić information content (AvgIpc) is 3.35. The molecule has 0 aliphatic carbocycles. The quantitative estimate of drug-likeness (QED) is 0.463. The van der Waals surface area contributed by atoms with Crippen LogP contribution in [0.15, 0.2) is 40.9 Å². The van der Waals surface area contributed by atoms with E-state index in [-0.39, 0.29) is 27.6 Å². The van der Waals surface area contributed by atoms with Crippen molar-refractivity contribution in [1.29, 1.82) is 0 Å². The molecule has 0 aliphatic heterocycles. The fourth-order valence-electron chi connectivity index (χ4n) is 2.80. The van der Waals surface area contributed by atoms with Crippen LogP contribution in [-0.2, 0) is 0 Å². The van der Waals surface area contributed by atoms with Gasteiger partial charge in [0.1, 0.15) is 22.8 Å². The van der Waals surface area contributed by atoms with Gasteiger partial charge in [0.05, 0.1) is 21.2 Å². The second-order valence-electron chi connectivity index (χ2n) is 6.09. The number of aromatic nitrogens is 3. The summed E-state index contributed by atoms with van der Waals surface area (Å²) >= 11 is 7.72. The first kappa shape index (κ1) is 18.4. The number of halogens is 2. The molecule has 1 amide bonds. The Kier molecular flexibility index (Phi) is 4.74. The van der Waals surface area contributed by atoms with E-state index in [1.807, 2.05) is 19.1 Å². The molecule has 28 heavy (non-hydrogen) atoms. The monoisotopic (exact) mass is 416 g/mol. The lowest BCUT2D eigenvalue weighted by Gasteiger charge is -2.05. The van der Waals surface area contributed by atoms with Crippen molar-refractivity contribution in [2.24, 2.45) is 0 Å². The van der Waals surface area contributed by atoms with Crippen molar-refractivity contribution in [2.75, 3.05) is 5.32 Å². The molecule has 0 aliphatic rings. The minimum absolute atomic E-state index is 0.0166. The number of nitrogens with zero attached hydrogens (tertiary/aromatic N) is 2. The summed E-state index contributed by atoms with van der Waals surface area (Å²) < 4.78 is 19.4. The van der Waals surface area contributed by atoms with Crippen LogP contribution in [0.1, 0.15) is 21.0 Å². The van der Waals surface area contributed by atoms with Gasteiger partial charge < -0.3 is 9.84 Å². The van der Waals surface area contributed by atoms with Gasteiger partial charge in [-0.3, -0.25) is 9.89 Å². The van der Waals surface area contributed by atoms with E-state index in [0.717, 1.165) is 10.6 Å². The first-order chi connectivity index (χ1) is 13.4. The number of carbonyl (C=O) groups excluding carboxylic acids is 1. The van der Waals surface area contributed by atoms with Crippen molar-refractivity contribution in [3.05, 3.63) is 63.4 Å². The van der Waals surface area contributed by atoms with Crippen molar-refractivity contribution in [2.45, 2.75) is 13.8 Å². The third kappa shape index (κ3) is 3.32. The van der Waals surface area contributed by atoms with Gasteiger partial charge in [-0.05, 0) is 38.1 Å². The van der Waals surface area contributed by atoms with Gasteiger partial charge in [-0.25, -0.2) is 4.39 Å². The van der Waals surface area contributed by atoms with Gasteiger partial charge in [0.25, 0.3) is 5.91 Å². The Balaban J connectivity index is 1.65. The third-order valence-electron chi connectivity index (χ3n) is 4.11. The zero-order valence-electron chi connectivity index (χ0n) is 14.8. The van der Waals surface area contributed by atoms with Crippen molar-refractivity contribution in [3.8, 4) is 21.8 Å². The van der Waals surface area contributed by atoms with Crippen molar-refractivity contribution < 1.29 is 13.7 Å². The summed E-state index contributed by atoms with van der Waals surface area (Å²) in [7, 11) is 0. The number of anilines is 1. The maximum atomic E-state index is 14.3. The topological polar surface area (TPSA) is 83.8 Å². The molecule has 0 fully saturated rings. The summed E-state index contributed by atoms with van der Waals surface area (Å²) in [5, 5.41) is 13.7. The van der Waals surface area contributed by atoms with Crippen molar-refractivity contribution in [1.82, 2.24) is 15.4 Å². The molecule has 1 aromatic carbocycles. The Morgan fingerprint density at radius 3 is 2.82 bits per heavy atom. The van der Waals surface area contributed by atoms with E-state index in [1.165, 1.54) is 23.1 Å². The number of benzene rings is 1. The molecule has 3 aromatic heterocycles. The third-order valence-corrected chi connectivity index (χ3v) is 5.46. The summed E-state index contributed by atoms with van der Waals surface area (Å²) in [6.07, 6.45) is 0. The van der Waals surface area contributed by atoms with Crippen LogP contribution in [0.4, 0.5) is 10.2 Å². The van der Waals surface area contributed by atoms with Crippen molar-refractivity contribution >= 4 is 34.7 Å². The Morgan fingerprint density at radius 2 is 2.11 bits per heavy atom. The largest absolute Gasteiger partial charge is 0.360 e. The molecule has 142 valence electrons. The lowest BCUT2D eigenvalue weighted by Crippen LogP contribution is -2.14. The van der Waals surface area contributed by atoms with Crippen LogP contribution in [-0.4, -0.2) is 21.3 Å². The number of carbonyl (C=O) groups is 1. The predicted molar refractivity (Wildman–Crippen MR) is 106 cm³/mol. The van der Waals surface area contributed by atoms with Crippen LogP contribution in [0.25, 0.3) is 21.8 Å². The van der Waals surface area contributed by atoms with Crippen LogP contribution in [0.2, 0.25) is 5.02 Å². The van der Waals surface area contributed by atoms with Gasteiger partial charge in [-0.15, -0.1) is 11.3 Å². The number of aromatic amines is 1. The van der Waals surface area contributed by atoms with Gasteiger partial charge in [0, 0.05) is 10.9 Å². The standard InChI is InChI=1S/C19H14ClFN4O2S/c1-9-6-7-14(28-9)13-8-15(24-23-13)22-19(26)16-10(2)27-25-18(16)17-11(20)4-3-5-12(17)21/h3-8H,1-2H3,(H2,22,23,24,26). The second kappa shape index (κ2) is 7.21. The summed E-state index contributed by atoms with van der Waals surface area (Å²) in [5.41, 5.74) is 0.946. The molecule has 0 saturated carbocycles. The normalized spacial score (nSPS) is 11.0. The van der Waals surface area contributed by atoms with Crippen LogP contribution >= 0.6 is 22.9 Å². The SMILES string of the molecule is Cc1ccc(-c2cc(NC(=O)c3c(-c4c(F)cccc4Cl)noc3C)n[nH]2)s1. The van der Waals surface area contributed by atoms with E-state index < -0.39 is 11.7 Å². The average molecular weight is 417 g/mol. The molecule has 2 N–H and O–H groups in total. The fourth-order valence-corrected chi connectivity index (χ4v) is 3.89. The Labute approximate surface area is 168 Å². The molecule has 0 radical (unpaired) electrons. The summed E-state index contributed by atoms with van der Waals surface area (Å²) in [6.45, 7) is 3.59. The molecule has 0 saturated heterocycles. The lowest BCUT2D eigenvalue weighted by atomic mass is 10.0. The van der Waals surface area contributed by atoms with Crippen LogP contribution in [0, 0.1) is 19.7 Å². The Hall–Kier alpha value is -2.97. The highest BCUT2D eigenvalue weighted by Crippen LogP contribution is 2.34. The molecule has 9 heteroatoms. The van der Waals surface area contributed by atoms with E-state index in [2.05, 4.69) is 20.7 Å². The zero-order chi connectivity index (χ0) is 19.8. The zero-order valence-corrected chi connectivity index (χ0v) is 16.4. The highest BCUT2D eigenvalue weighted by atomic mass is 35.5. The van der Waals surface area contributed by atoms with E-state index in [0.29, 0.717) is 5.82 Å². The lowest BCUT2D eigenvalue weighted by molar-refractivity contribution is 0.102. The van der Waals surface area contributed by atoms with Gasteiger partial charge >= 0.3 is 0 Å². The minimum Gasteiger partial charge on any atom is -0.360 e. The molecule has 3 heterocycles. The highest BCUT2D eigenvalue weighted by molar-refractivity contribution is 7.15. The Morgan fingerprint density at radius 1 is 1.29 bits per heavy atom. The number of amides is 1. The number of rotatable bonds is 4. The second-order valence-corrected chi connectivity index (χ2v) is 7.79. The van der Waals surface area contributed by atoms with Gasteiger partial charge in [0.2, 0.25) is 0 Å².